The van der Waals surface area contributed by atoms with Gasteiger partial charge in [-0.25, -0.2) is 4.79 Å². The van der Waals surface area contributed by atoms with Gasteiger partial charge in [-0.1, -0.05) is 18.2 Å². The summed E-state index contributed by atoms with van der Waals surface area (Å²) in [4.78, 5) is 21.9. The van der Waals surface area contributed by atoms with E-state index in [1.807, 2.05) is 18.2 Å². The highest BCUT2D eigenvalue weighted by Gasteiger charge is 2.13. The van der Waals surface area contributed by atoms with Crippen molar-refractivity contribution >= 4 is 22.5 Å². The van der Waals surface area contributed by atoms with E-state index in [0.717, 1.165) is 5.39 Å². The molecule has 6 nitrogen and oxygen atoms in total. The van der Waals surface area contributed by atoms with Crippen LogP contribution in [0.2, 0.25) is 0 Å². The number of aliphatic carboxylic acids is 1. The quantitative estimate of drug-likeness (QED) is 0.385. The molecule has 0 saturated carbocycles. The van der Waals surface area contributed by atoms with Gasteiger partial charge in [0, 0.05) is 10.9 Å². The van der Waals surface area contributed by atoms with E-state index in [9.17, 15) is 14.7 Å². The van der Waals surface area contributed by atoms with Crippen LogP contribution >= 0.6 is 0 Å². The van der Waals surface area contributed by atoms with E-state index in [2.05, 4.69) is 0 Å². The molecule has 3 aromatic carbocycles. The van der Waals surface area contributed by atoms with E-state index in [1.54, 1.807) is 18.2 Å². The van der Waals surface area contributed by atoms with Gasteiger partial charge in [0.05, 0.1) is 0 Å². The maximum atomic E-state index is 11.3. The number of fused-ring (bicyclic) bond motifs is 1. The smallest absolute Gasteiger partial charge is 0.377 e. The molecule has 0 heterocycles. The van der Waals surface area contributed by atoms with Crippen molar-refractivity contribution in [1.29, 1.82) is 0 Å². The molecule has 0 bridgehead atoms. The van der Waals surface area contributed by atoms with Crippen molar-refractivity contribution in [2.45, 2.75) is 0 Å². The predicted octanol–water partition coefficient (Wildman–Crippen LogP) is 3.27. The van der Waals surface area contributed by atoms with Gasteiger partial charge in [-0.05, 0) is 47.9 Å². The summed E-state index contributed by atoms with van der Waals surface area (Å²) in [6, 6.07) is 16.6. The lowest BCUT2D eigenvalue weighted by atomic mass is 10.1. The van der Waals surface area contributed by atoms with Crippen molar-refractivity contribution in [3.63, 3.8) is 0 Å². The fourth-order valence-electron chi connectivity index (χ4n) is 2.47. The first-order valence-electron chi connectivity index (χ1n) is 7.89. The van der Waals surface area contributed by atoms with Crippen LogP contribution in [-0.4, -0.2) is 35.2 Å². The molecule has 0 saturated heterocycles. The number of hydrogen-bond acceptors (Lipinski definition) is 5. The Balaban J connectivity index is 1.53. The van der Waals surface area contributed by atoms with E-state index in [-0.39, 0.29) is 24.5 Å². The van der Waals surface area contributed by atoms with E-state index in [4.69, 9.17) is 14.6 Å². The second kappa shape index (κ2) is 7.57. The number of carbonyl (C=O) groups excluding carboxylic acids is 1. The Kier molecular flexibility index (Phi) is 5.03. The molecule has 3 aromatic rings. The monoisotopic (exact) mass is 352 g/mol. The van der Waals surface area contributed by atoms with E-state index >= 15 is 0 Å². The summed E-state index contributed by atoms with van der Waals surface area (Å²) in [5, 5.41) is 20.2. The lowest BCUT2D eigenvalue weighted by molar-refractivity contribution is -0.131. The summed E-state index contributed by atoms with van der Waals surface area (Å²) in [6.45, 7) is 0.555. The van der Waals surface area contributed by atoms with Gasteiger partial charge in [0.15, 0.2) is 0 Å². The molecule has 0 unspecified atom stereocenters. The number of ether oxygens (including phenoxy) is 2. The second-order valence-corrected chi connectivity index (χ2v) is 5.52. The molecular weight excluding hydrogens is 336 g/mol. The van der Waals surface area contributed by atoms with Gasteiger partial charge in [0.25, 0.3) is 5.78 Å². The third-order valence-electron chi connectivity index (χ3n) is 3.76. The Bertz CT molecular complexity index is 946. The van der Waals surface area contributed by atoms with Crippen LogP contribution in [0.15, 0.2) is 60.7 Å². The molecular formula is C20H16O6. The van der Waals surface area contributed by atoms with E-state index in [1.165, 1.54) is 24.3 Å². The molecule has 0 aromatic heterocycles. The lowest BCUT2D eigenvalue weighted by Gasteiger charge is -2.10. The van der Waals surface area contributed by atoms with Crippen molar-refractivity contribution in [3.05, 3.63) is 66.2 Å². The largest absolute Gasteiger partial charge is 0.507 e. The lowest BCUT2D eigenvalue weighted by Crippen LogP contribution is -2.12. The molecule has 0 fully saturated rings. The predicted molar refractivity (Wildman–Crippen MR) is 95.0 cm³/mol. The minimum atomic E-state index is -1.49. The van der Waals surface area contributed by atoms with Crippen LogP contribution in [0.5, 0.6) is 17.2 Å². The van der Waals surface area contributed by atoms with Crippen LogP contribution in [0.4, 0.5) is 0 Å². The van der Waals surface area contributed by atoms with Crippen LogP contribution in [0.3, 0.4) is 0 Å². The van der Waals surface area contributed by atoms with Crippen LogP contribution < -0.4 is 9.47 Å². The van der Waals surface area contributed by atoms with Gasteiger partial charge in [0.2, 0.25) is 0 Å². The van der Waals surface area contributed by atoms with Gasteiger partial charge in [0.1, 0.15) is 30.5 Å². The number of rotatable bonds is 7. The van der Waals surface area contributed by atoms with Crippen LogP contribution in [-0.2, 0) is 4.79 Å². The fraction of sp³-hybridized carbons (Fsp3) is 0.100. The molecule has 132 valence electrons. The fourth-order valence-corrected chi connectivity index (χ4v) is 2.47. The van der Waals surface area contributed by atoms with Crippen LogP contribution in [0, 0.1) is 0 Å². The maximum Gasteiger partial charge on any atom is 0.377 e. The van der Waals surface area contributed by atoms with Crippen molar-refractivity contribution < 1.29 is 29.3 Å². The molecule has 0 atom stereocenters. The normalized spacial score (nSPS) is 10.5. The van der Waals surface area contributed by atoms with Gasteiger partial charge in [-0.2, -0.15) is 0 Å². The topological polar surface area (TPSA) is 93.1 Å². The third kappa shape index (κ3) is 3.92. The number of Topliss-reactive ketones (excluding diaryl/α,β-unsaturated/α-hetero) is 1. The first-order valence-corrected chi connectivity index (χ1v) is 7.89. The van der Waals surface area contributed by atoms with E-state index in [0.29, 0.717) is 16.9 Å². The molecule has 26 heavy (non-hydrogen) atoms. The minimum absolute atomic E-state index is 0.0945. The van der Waals surface area contributed by atoms with Gasteiger partial charge < -0.3 is 19.7 Å². The maximum absolute atomic E-state index is 11.3. The Labute approximate surface area is 149 Å². The SMILES string of the molecule is O=C(O)C(=O)c1ccc(OCCOc2ccc3cccc(O)c3c2)cc1. The Morgan fingerprint density at radius 1 is 0.846 bits per heavy atom. The Hall–Kier alpha value is -3.54. The summed E-state index contributed by atoms with van der Waals surface area (Å²) in [5.41, 5.74) is 0.0945. The zero-order chi connectivity index (χ0) is 18.5. The summed E-state index contributed by atoms with van der Waals surface area (Å²) < 4.78 is 11.1. The number of aromatic hydroxyl groups is 1. The molecule has 3 rings (SSSR count). The molecule has 0 aliphatic rings. The standard InChI is InChI=1S/C20H16O6/c21-18-3-1-2-13-4-9-16(12-17(13)18)26-11-10-25-15-7-5-14(6-8-15)19(22)20(23)24/h1-9,12,21H,10-11H2,(H,23,24). The summed E-state index contributed by atoms with van der Waals surface area (Å²) in [7, 11) is 0. The van der Waals surface area contributed by atoms with Crippen molar-refractivity contribution in [1.82, 2.24) is 0 Å². The number of carboxylic acids is 1. The minimum Gasteiger partial charge on any atom is -0.507 e. The third-order valence-corrected chi connectivity index (χ3v) is 3.76. The molecule has 2 N–H and O–H groups in total. The van der Waals surface area contributed by atoms with Crippen LogP contribution in [0.25, 0.3) is 10.8 Å². The Morgan fingerprint density at radius 3 is 2.19 bits per heavy atom. The summed E-state index contributed by atoms with van der Waals surface area (Å²) >= 11 is 0. The molecule has 0 aliphatic carbocycles. The number of phenolic OH excluding ortho intramolecular Hbond substituents is 1. The first kappa shape index (κ1) is 17.3. The van der Waals surface area contributed by atoms with Gasteiger partial charge in [-0.15, -0.1) is 0 Å². The molecule has 6 heteroatoms. The average molecular weight is 352 g/mol. The van der Waals surface area contributed by atoms with E-state index < -0.39 is 11.8 Å². The average Bonchev–Trinajstić information content (AvgIpc) is 2.65. The number of ketones is 1. The number of phenols is 1. The molecule has 0 radical (unpaired) electrons. The molecule has 0 spiro atoms. The number of carbonyl (C=O) groups is 2. The van der Waals surface area contributed by atoms with Gasteiger partial charge in [-0.3, -0.25) is 4.79 Å². The highest BCUT2D eigenvalue weighted by atomic mass is 16.5. The second-order valence-electron chi connectivity index (χ2n) is 5.52. The number of hydrogen-bond donors (Lipinski definition) is 2. The van der Waals surface area contributed by atoms with Crippen LogP contribution in [0.1, 0.15) is 10.4 Å². The molecule has 0 aliphatic heterocycles. The number of benzene rings is 3. The van der Waals surface area contributed by atoms with Crippen molar-refractivity contribution in [2.24, 2.45) is 0 Å². The summed E-state index contributed by atoms with van der Waals surface area (Å²) in [6.07, 6.45) is 0. The zero-order valence-corrected chi connectivity index (χ0v) is 13.7. The Morgan fingerprint density at radius 2 is 1.50 bits per heavy atom. The number of carboxylic acid groups (broad SMARTS) is 1. The van der Waals surface area contributed by atoms with Crippen molar-refractivity contribution in [2.75, 3.05) is 13.2 Å². The zero-order valence-electron chi connectivity index (χ0n) is 13.7. The highest BCUT2D eigenvalue weighted by molar-refractivity contribution is 6.39. The summed E-state index contributed by atoms with van der Waals surface area (Å²) in [5.74, 6) is -1.13. The highest BCUT2D eigenvalue weighted by Crippen LogP contribution is 2.28. The van der Waals surface area contributed by atoms with Crippen molar-refractivity contribution in [3.8, 4) is 17.2 Å². The molecule has 0 amide bonds. The first-order chi connectivity index (χ1) is 12.5. The van der Waals surface area contributed by atoms with Gasteiger partial charge >= 0.3 is 5.97 Å².